The zero-order valence-electron chi connectivity index (χ0n) is 13.0. The van der Waals surface area contributed by atoms with E-state index in [1.165, 1.54) is 0 Å². The first-order valence-electron chi connectivity index (χ1n) is 7.15. The Hall–Kier alpha value is -1.51. The average molecular weight is 391 g/mol. The van der Waals surface area contributed by atoms with Gasteiger partial charge in [-0.15, -0.1) is 0 Å². The summed E-state index contributed by atoms with van der Waals surface area (Å²) in [4.78, 5) is 51.9. The predicted molar refractivity (Wildman–Crippen MR) is 90.6 cm³/mol. The van der Waals surface area contributed by atoms with Gasteiger partial charge in [0, 0.05) is 17.1 Å². The van der Waals surface area contributed by atoms with Crippen LogP contribution in [-0.2, 0) is 20.3 Å². The molecule has 0 saturated heterocycles. The molecule has 1 amide bonds. The molecule has 0 bridgehead atoms. The SMILES string of the molecule is N[C@@H](Cc1c[nH]c2ccccc12)C(=O)N(CP(=O)(O)O)CP(=O)(O)O. The number of carbonyl (C=O) groups excluding carboxylic acids is 1. The number of hydrogen-bond acceptors (Lipinski definition) is 4. The van der Waals surface area contributed by atoms with Crippen LogP contribution >= 0.6 is 15.2 Å². The number of fused-ring (bicyclic) bond motifs is 1. The summed E-state index contributed by atoms with van der Waals surface area (Å²) in [6.07, 6.45) is -0.521. The third-order valence-corrected chi connectivity index (χ3v) is 4.87. The Morgan fingerprint density at radius 3 is 2.24 bits per heavy atom. The third kappa shape index (κ3) is 5.76. The maximum Gasteiger partial charge on any atom is 0.344 e. The van der Waals surface area contributed by atoms with Gasteiger partial charge in [-0.1, -0.05) is 18.2 Å². The van der Waals surface area contributed by atoms with Crippen LogP contribution in [0.25, 0.3) is 10.9 Å². The molecule has 1 atom stereocenters. The summed E-state index contributed by atoms with van der Waals surface area (Å²) in [5, 5.41) is 0.835. The number of H-pyrrole nitrogens is 1. The lowest BCUT2D eigenvalue weighted by atomic mass is 10.0. The van der Waals surface area contributed by atoms with Gasteiger partial charge in [-0.3, -0.25) is 13.9 Å². The highest BCUT2D eigenvalue weighted by Crippen LogP contribution is 2.41. The number of hydrogen-bond donors (Lipinski definition) is 6. The second-order valence-corrected chi connectivity index (χ2v) is 8.88. The first-order chi connectivity index (χ1) is 11.5. The molecule has 1 aromatic carbocycles. The lowest BCUT2D eigenvalue weighted by Gasteiger charge is -2.26. The van der Waals surface area contributed by atoms with Gasteiger partial charge in [0.1, 0.15) is 12.6 Å². The molecular weight excluding hydrogens is 372 g/mol. The Bertz CT molecular complexity index is 832. The molecule has 0 spiro atoms. The molecule has 0 fully saturated rings. The first-order valence-corrected chi connectivity index (χ1v) is 10.7. The topological polar surface area (TPSA) is 177 Å². The number of nitrogens with two attached hydrogens (primary N) is 1. The van der Waals surface area contributed by atoms with E-state index >= 15 is 0 Å². The van der Waals surface area contributed by atoms with Crippen LogP contribution in [0.2, 0.25) is 0 Å². The van der Waals surface area contributed by atoms with Gasteiger partial charge in [-0.2, -0.15) is 0 Å². The average Bonchev–Trinajstić information content (AvgIpc) is 2.86. The number of amides is 1. The Labute approximate surface area is 143 Å². The molecule has 12 heteroatoms. The highest BCUT2D eigenvalue weighted by molar-refractivity contribution is 7.52. The molecule has 1 heterocycles. The molecule has 2 rings (SSSR count). The molecule has 0 saturated carbocycles. The van der Waals surface area contributed by atoms with Crippen molar-refractivity contribution in [1.82, 2.24) is 9.88 Å². The van der Waals surface area contributed by atoms with Gasteiger partial charge in [-0.05, 0) is 18.1 Å². The van der Waals surface area contributed by atoms with E-state index in [9.17, 15) is 13.9 Å². The third-order valence-electron chi connectivity index (χ3n) is 3.45. The van der Waals surface area contributed by atoms with Gasteiger partial charge in [0.15, 0.2) is 0 Å². The van der Waals surface area contributed by atoms with E-state index in [2.05, 4.69) is 4.98 Å². The molecule has 10 nitrogen and oxygen atoms in total. The van der Waals surface area contributed by atoms with E-state index in [0.717, 1.165) is 10.9 Å². The number of benzene rings is 1. The minimum atomic E-state index is -4.71. The lowest BCUT2D eigenvalue weighted by Crippen LogP contribution is -2.45. The van der Waals surface area contributed by atoms with Crippen molar-refractivity contribution in [3.63, 3.8) is 0 Å². The standard InChI is InChI=1S/C13H19N3O7P2/c14-11(5-9-6-15-12-4-2-1-3-10(9)12)13(17)16(7-24(18,19)20)8-25(21,22)23/h1-4,6,11,15H,5,7-8,14H2,(H2,18,19,20)(H2,21,22,23)/t11-/m0/s1. The predicted octanol–water partition coefficient (Wildman–Crippen LogP) is 0.137. The lowest BCUT2D eigenvalue weighted by molar-refractivity contribution is -0.131. The van der Waals surface area contributed by atoms with Crippen molar-refractivity contribution in [3.8, 4) is 0 Å². The first kappa shape index (κ1) is 19.8. The molecule has 0 aliphatic carbocycles. The minimum Gasteiger partial charge on any atom is -0.361 e. The number of rotatable bonds is 7. The van der Waals surface area contributed by atoms with Gasteiger partial charge in [0.05, 0.1) is 6.04 Å². The van der Waals surface area contributed by atoms with Crippen LogP contribution in [0, 0.1) is 0 Å². The minimum absolute atomic E-state index is 0.0433. The Kier molecular flexibility index (Phi) is 5.86. The van der Waals surface area contributed by atoms with Gasteiger partial charge in [0.2, 0.25) is 5.91 Å². The second-order valence-electron chi connectivity index (χ2n) is 5.66. The molecule has 25 heavy (non-hydrogen) atoms. The van der Waals surface area contributed by atoms with E-state index in [4.69, 9.17) is 25.3 Å². The summed E-state index contributed by atoms with van der Waals surface area (Å²) in [5.41, 5.74) is 7.37. The normalized spacial score (nSPS) is 13.8. The van der Waals surface area contributed by atoms with E-state index in [0.29, 0.717) is 10.5 Å². The highest BCUT2D eigenvalue weighted by atomic mass is 31.2. The highest BCUT2D eigenvalue weighted by Gasteiger charge is 2.32. The van der Waals surface area contributed by atoms with Crippen molar-refractivity contribution >= 4 is 32.0 Å². The van der Waals surface area contributed by atoms with E-state index in [1.54, 1.807) is 12.3 Å². The zero-order chi connectivity index (χ0) is 18.8. The van der Waals surface area contributed by atoms with Crippen molar-refractivity contribution in [2.24, 2.45) is 5.73 Å². The van der Waals surface area contributed by atoms with Crippen molar-refractivity contribution < 1.29 is 33.5 Å². The largest absolute Gasteiger partial charge is 0.361 e. The maximum atomic E-state index is 12.4. The van der Waals surface area contributed by atoms with Crippen molar-refractivity contribution in [3.05, 3.63) is 36.0 Å². The number of nitrogens with one attached hydrogen (secondary N) is 1. The van der Waals surface area contributed by atoms with E-state index in [-0.39, 0.29) is 6.42 Å². The van der Waals surface area contributed by atoms with Gasteiger partial charge in [0.25, 0.3) is 0 Å². The quantitative estimate of drug-likeness (QED) is 0.361. The summed E-state index contributed by atoms with van der Waals surface area (Å²) in [6.45, 7) is 0. The Morgan fingerprint density at radius 2 is 1.68 bits per heavy atom. The van der Waals surface area contributed by atoms with Crippen LogP contribution in [0.15, 0.2) is 30.5 Å². The molecular formula is C13H19N3O7P2. The zero-order valence-corrected chi connectivity index (χ0v) is 14.8. The molecule has 1 aromatic heterocycles. The van der Waals surface area contributed by atoms with Crippen molar-refractivity contribution in [2.45, 2.75) is 12.5 Å². The van der Waals surface area contributed by atoms with Crippen LogP contribution in [0.1, 0.15) is 5.56 Å². The van der Waals surface area contributed by atoms with Crippen molar-refractivity contribution in [2.75, 3.05) is 12.6 Å². The van der Waals surface area contributed by atoms with Crippen LogP contribution in [-0.4, -0.2) is 54.0 Å². The molecule has 0 aliphatic heterocycles. The van der Waals surface area contributed by atoms with E-state index < -0.39 is 39.7 Å². The van der Waals surface area contributed by atoms with E-state index in [1.807, 2.05) is 18.2 Å². The number of carbonyl (C=O) groups is 1. The van der Waals surface area contributed by atoms with Gasteiger partial charge < -0.3 is 35.2 Å². The second kappa shape index (κ2) is 7.39. The summed E-state index contributed by atoms with van der Waals surface area (Å²) in [5.74, 6) is -0.947. The summed E-state index contributed by atoms with van der Waals surface area (Å²) in [6, 6.07) is 6.08. The Morgan fingerprint density at radius 1 is 1.12 bits per heavy atom. The molecule has 0 unspecified atom stereocenters. The number of para-hydroxylation sites is 1. The molecule has 0 radical (unpaired) electrons. The van der Waals surface area contributed by atoms with Crippen LogP contribution < -0.4 is 5.73 Å². The molecule has 7 N–H and O–H groups in total. The van der Waals surface area contributed by atoms with Crippen LogP contribution in [0.3, 0.4) is 0 Å². The number of aromatic nitrogens is 1. The fourth-order valence-electron chi connectivity index (χ4n) is 2.49. The maximum absolute atomic E-state index is 12.4. The monoisotopic (exact) mass is 391 g/mol. The Balaban J connectivity index is 2.19. The smallest absolute Gasteiger partial charge is 0.344 e. The summed E-state index contributed by atoms with van der Waals surface area (Å²) >= 11 is 0. The molecule has 2 aromatic rings. The van der Waals surface area contributed by atoms with Crippen LogP contribution in [0.4, 0.5) is 0 Å². The number of nitrogens with zero attached hydrogens (tertiary/aromatic N) is 1. The summed E-state index contributed by atoms with van der Waals surface area (Å²) < 4.78 is 22.3. The molecule has 0 aliphatic rings. The van der Waals surface area contributed by atoms with Gasteiger partial charge >= 0.3 is 15.2 Å². The molecule has 138 valence electrons. The fourth-order valence-corrected chi connectivity index (χ4v) is 4.01. The van der Waals surface area contributed by atoms with Gasteiger partial charge in [-0.25, -0.2) is 0 Å². The fraction of sp³-hybridized carbons (Fsp3) is 0.308. The van der Waals surface area contributed by atoms with Crippen LogP contribution in [0.5, 0.6) is 0 Å². The summed E-state index contributed by atoms with van der Waals surface area (Å²) in [7, 11) is -9.42. The van der Waals surface area contributed by atoms with Crippen molar-refractivity contribution in [1.29, 1.82) is 0 Å². The number of aromatic amines is 1.